The molecular formula is C14H21BrO. The molecule has 0 spiro atoms. The summed E-state index contributed by atoms with van der Waals surface area (Å²) in [4.78, 5) is 0. The molecule has 1 aromatic rings. The molecule has 0 bridgehead atoms. The van der Waals surface area contributed by atoms with Gasteiger partial charge in [-0.25, -0.2) is 0 Å². The molecule has 0 aliphatic carbocycles. The van der Waals surface area contributed by atoms with Gasteiger partial charge in [0, 0.05) is 5.33 Å². The smallest absolute Gasteiger partial charge is 0.118 e. The molecule has 2 unspecified atom stereocenters. The Hall–Kier alpha value is -0.500. The summed E-state index contributed by atoms with van der Waals surface area (Å²) in [6.45, 7) is 4.59. The Balaban J connectivity index is 2.63. The Labute approximate surface area is 107 Å². The largest absolute Gasteiger partial charge is 0.497 e. The van der Waals surface area contributed by atoms with E-state index in [0.29, 0.717) is 0 Å². The van der Waals surface area contributed by atoms with Gasteiger partial charge in [0.1, 0.15) is 5.75 Å². The van der Waals surface area contributed by atoms with Crippen molar-refractivity contribution in [2.75, 3.05) is 12.4 Å². The van der Waals surface area contributed by atoms with Gasteiger partial charge in [0.15, 0.2) is 0 Å². The summed E-state index contributed by atoms with van der Waals surface area (Å²) in [6, 6.07) is 8.40. The maximum absolute atomic E-state index is 5.16. The fourth-order valence-corrected chi connectivity index (χ4v) is 2.67. The van der Waals surface area contributed by atoms with Gasteiger partial charge < -0.3 is 4.74 Å². The van der Waals surface area contributed by atoms with Gasteiger partial charge in [-0.1, -0.05) is 48.3 Å². The van der Waals surface area contributed by atoms with E-state index in [1.807, 2.05) is 12.1 Å². The Morgan fingerprint density at radius 1 is 1.25 bits per heavy atom. The molecule has 16 heavy (non-hydrogen) atoms. The van der Waals surface area contributed by atoms with Crippen molar-refractivity contribution >= 4 is 15.9 Å². The quantitative estimate of drug-likeness (QED) is 0.708. The molecular weight excluding hydrogens is 264 g/mol. The van der Waals surface area contributed by atoms with E-state index in [9.17, 15) is 0 Å². The molecule has 0 heterocycles. The van der Waals surface area contributed by atoms with E-state index < -0.39 is 0 Å². The number of rotatable bonds is 6. The number of alkyl halides is 1. The topological polar surface area (TPSA) is 9.23 Å². The molecule has 0 aliphatic heterocycles. The highest BCUT2D eigenvalue weighted by molar-refractivity contribution is 9.09. The number of methoxy groups -OCH3 is 1. The number of ether oxygens (including phenoxy) is 1. The standard InChI is InChI=1S/C14H21BrO/c1-4-11(2)13(10-15)9-12-5-7-14(16-3)8-6-12/h5-8,11,13H,4,9-10H2,1-3H3. The van der Waals surface area contributed by atoms with Crippen molar-refractivity contribution in [1.29, 1.82) is 0 Å². The lowest BCUT2D eigenvalue weighted by molar-refractivity contribution is 0.383. The molecule has 0 amide bonds. The van der Waals surface area contributed by atoms with Crippen molar-refractivity contribution < 1.29 is 4.74 Å². The third kappa shape index (κ3) is 3.82. The maximum atomic E-state index is 5.16. The fourth-order valence-electron chi connectivity index (χ4n) is 1.81. The lowest BCUT2D eigenvalue weighted by atomic mass is 9.88. The highest BCUT2D eigenvalue weighted by Crippen LogP contribution is 2.23. The average molecular weight is 285 g/mol. The first-order valence-corrected chi connectivity index (χ1v) is 7.02. The van der Waals surface area contributed by atoms with E-state index in [4.69, 9.17) is 4.74 Å². The molecule has 1 rings (SSSR count). The summed E-state index contributed by atoms with van der Waals surface area (Å²) in [7, 11) is 1.70. The number of halogens is 1. The van der Waals surface area contributed by atoms with Crippen LogP contribution in [-0.2, 0) is 6.42 Å². The fraction of sp³-hybridized carbons (Fsp3) is 0.571. The van der Waals surface area contributed by atoms with E-state index >= 15 is 0 Å². The highest BCUT2D eigenvalue weighted by Gasteiger charge is 2.14. The summed E-state index contributed by atoms with van der Waals surface area (Å²) in [5.74, 6) is 2.42. The molecule has 1 aromatic carbocycles. The molecule has 0 radical (unpaired) electrons. The minimum absolute atomic E-state index is 0.721. The van der Waals surface area contributed by atoms with Crippen molar-refractivity contribution in [3.8, 4) is 5.75 Å². The summed E-state index contributed by atoms with van der Waals surface area (Å²) >= 11 is 3.62. The van der Waals surface area contributed by atoms with Gasteiger partial charge in [0.05, 0.1) is 7.11 Å². The highest BCUT2D eigenvalue weighted by atomic mass is 79.9. The molecule has 0 saturated carbocycles. The molecule has 1 nitrogen and oxygen atoms in total. The van der Waals surface area contributed by atoms with Crippen LogP contribution in [0.5, 0.6) is 5.75 Å². The van der Waals surface area contributed by atoms with Gasteiger partial charge >= 0.3 is 0 Å². The lowest BCUT2D eigenvalue weighted by Crippen LogP contribution is -2.15. The van der Waals surface area contributed by atoms with Crippen molar-refractivity contribution in [3.63, 3.8) is 0 Å². The van der Waals surface area contributed by atoms with Crippen LogP contribution in [0.25, 0.3) is 0 Å². The SMILES string of the molecule is CCC(C)C(CBr)Cc1ccc(OC)cc1. The number of hydrogen-bond acceptors (Lipinski definition) is 1. The van der Waals surface area contributed by atoms with Crippen LogP contribution in [0.3, 0.4) is 0 Å². The first kappa shape index (κ1) is 13.6. The summed E-state index contributed by atoms with van der Waals surface area (Å²) in [5, 5.41) is 1.08. The molecule has 0 aliphatic rings. The second-order valence-electron chi connectivity index (χ2n) is 4.35. The molecule has 2 heteroatoms. The molecule has 0 fully saturated rings. The van der Waals surface area contributed by atoms with E-state index in [1.54, 1.807) is 7.11 Å². The van der Waals surface area contributed by atoms with Crippen molar-refractivity contribution in [3.05, 3.63) is 29.8 Å². The Morgan fingerprint density at radius 2 is 1.88 bits per heavy atom. The molecule has 2 atom stereocenters. The van der Waals surface area contributed by atoms with Gasteiger partial charge in [0.2, 0.25) is 0 Å². The van der Waals surface area contributed by atoms with Crippen LogP contribution in [0, 0.1) is 11.8 Å². The van der Waals surface area contributed by atoms with Crippen LogP contribution in [0.4, 0.5) is 0 Å². The van der Waals surface area contributed by atoms with Gasteiger partial charge in [-0.2, -0.15) is 0 Å². The monoisotopic (exact) mass is 284 g/mol. The summed E-state index contributed by atoms with van der Waals surface area (Å²) in [5.41, 5.74) is 1.39. The number of benzene rings is 1. The molecule has 0 saturated heterocycles. The number of hydrogen-bond donors (Lipinski definition) is 0. The van der Waals surface area contributed by atoms with Gasteiger partial charge in [-0.15, -0.1) is 0 Å². The predicted molar refractivity (Wildman–Crippen MR) is 73.4 cm³/mol. The van der Waals surface area contributed by atoms with Gasteiger partial charge in [0.25, 0.3) is 0 Å². The summed E-state index contributed by atoms with van der Waals surface area (Å²) < 4.78 is 5.16. The average Bonchev–Trinajstić information content (AvgIpc) is 2.35. The molecule has 0 N–H and O–H groups in total. The van der Waals surface area contributed by atoms with E-state index in [2.05, 4.69) is 41.9 Å². The van der Waals surface area contributed by atoms with Crippen molar-refractivity contribution in [2.45, 2.75) is 26.7 Å². The van der Waals surface area contributed by atoms with Crippen LogP contribution in [0.1, 0.15) is 25.8 Å². The zero-order valence-electron chi connectivity index (χ0n) is 10.4. The Bertz CT molecular complexity index is 294. The Kier molecular flexibility index (Phi) is 5.89. The van der Waals surface area contributed by atoms with Crippen molar-refractivity contribution in [1.82, 2.24) is 0 Å². The maximum Gasteiger partial charge on any atom is 0.118 e. The van der Waals surface area contributed by atoms with Crippen LogP contribution < -0.4 is 4.74 Å². The van der Waals surface area contributed by atoms with Crippen molar-refractivity contribution in [2.24, 2.45) is 11.8 Å². The third-order valence-electron chi connectivity index (χ3n) is 3.30. The van der Waals surface area contributed by atoms with E-state index in [1.165, 1.54) is 12.0 Å². The van der Waals surface area contributed by atoms with E-state index in [0.717, 1.165) is 29.3 Å². The van der Waals surface area contributed by atoms with E-state index in [-0.39, 0.29) is 0 Å². The minimum Gasteiger partial charge on any atom is -0.497 e. The normalized spacial score (nSPS) is 14.5. The van der Waals surface area contributed by atoms with Crippen LogP contribution in [0.2, 0.25) is 0 Å². The zero-order chi connectivity index (χ0) is 12.0. The van der Waals surface area contributed by atoms with Gasteiger partial charge in [-0.05, 0) is 36.0 Å². The van der Waals surface area contributed by atoms with Crippen LogP contribution in [0.15, 0.2) is 24.3 Å². The second kappa shape index (κ2) is 6.95. The lowest BCUT2D eigenvalue weighted by Gasteiger charge is -2.20. The second-order valence-corrected chi connectivity index (χ2v) is 5.00. The molecule has 0 aromatic heterocycles. The minimum atomic E-state index is 0.721. The first-order valence-electron chi connectivity index (χ1n) is 5.90. The molecule has 90 valence electrons. The van der Waals surface area contributed by atoms with Gasteiger partial charge in [-0.3, -0.25) is 0 Å². The Morgan fingerprint density at radius 3 is 2.31 bits per heavy atom. The van der Waals surface area contributed by atoms with Crippen LogP contribution >= 0.6 is 15.9 Å². The predicted octanol–water partition coefficient (Wildman–Crippen LogP) is 4.29. The van der Waals surface area contributed by atoms with Crippen LogP contribution in [-0.4, -0.2) is 12.4 Å². The third-order valence-corrected chi connectivity index (χ3v) is 4.14. The first-order chi connectivity index (χ1) is 7.71. The zero-order valence-corrected chi connectivity index (χ0v) is 12.0. The summed E-state index contributed by atoms with van der Waals surface area (Å²) in [6.07, 6.45) is 2.39.